The molecule has 0 spiro atoms. The van der Waals surface area contributed by atoms with Gasteiger partial charge in [0.1, 0.15) is 16.9 Å². The fourth-order valence-corrected chi connectivity index (χ4v) is 1.07. The molecular formula is C3H7NO2S. The molecule has 0 amide bonds. The SMILES string of the molecule is O=S1COCCN1. The van der Waals surface area contributed by atoms with Crippen LogP contribution < -0.4 is 4.72 Å². The van der Waals surface area contributed by atoms with Gasteiger partial charge in [-0.05, 0) is 0 Å². The topological polar surface area (TPSA) is 38.3 Å². The fourth-order valence-electron chi connectivity index (χ4n) is 0.404. The summed E-state index contributed by atoms with van der Waals surface area (Å²) in [5, 5.41) is 0. The number of nitrogens with one attached hydrogen (secondary N) is 1. The van der Waals surface area contributed by atoms with E-state index in [1.807, 2.05) is 0 Å². The lowest BCUT2D eigenvalue weighted by Crippen LogP contribution is -2.31. The van der Waals surface area contributed by atoms with Crippen LogP contribution in [0.4, 0.5) is 0 Å². The molecule has 1 N–H and O–H groups in total. The molecule has 0 aromatic heterocycles. The molecule has 42 valence electrons. The highest BCUT2D eigenvalue weighted by molar-refractivity contribution is 7.82. The minimum atomic E-state index is -0.912. The molecule has 0 saturated carbocycles. The van der Waals surface area contributed by atoms with E-state index >= 15 is 0 Å². The molecule has 0 bridgehead atoms. The maximum atomic E-state index is 10.3. The Morgan fingerprint density at radius 2 is 2.57 bits per heavy atom. The highest BCUT2D eigenvalue weighted by atomic mass is 32.2. The predicted octanol–water partition coefficient (Wildman–Crippen LogP) is -0.773. The summed E-state index contributed by atoms with van der Waals surface area (Å²) < 4.78 is 17.9. The number of rotatable bonds is 0. The highest BCUT2D eigenvalue weighted by Gasteiger charge is 2.02. The monoisotopic (exact) mass is 121 g/mol. The second-order valence-electron chi connectivity index (χ2n) is 1.27. The molecule has 0 aromatic rings. The normalized spacial score (nSPS) is 32.9. The van der Waals surface area contributed by atoms with Crippen LogP contribution in [0.3, 0.4) is 0 Å². The van der Waals surface area contributed by atoms with Crippen LogP contribution in [0, 0.1) is 0 Å². The minimum absolute atomic E-state index is 0.347. The third-order valence-electron chi connectivity index (χ3n) is 0.700. The second-order valence-corrected chi connectivity index (χ2v) is 2.48. The molecule has 1 heterocycles. The lowest BCUT2D eigenvalue weighted by molar-refractivity contribution is 0.174. The first kappa shape index (κ1) is 5.21. The molecule has 0 aromatic carbocycles. The molecule has 1 unspecified atom stereocenters. The summed E-state index contributed by atoms with van der Waals surface area (Å²) in [6.45, 7) is 1.40. The fraction of sp³-hybridized carbons (Fsp3) is 1.00. The molecule has 1 aliphatic rings. The summed E-state index contributed by atoms with van der Waals surface area (Å²) >= 11 is 0. The number of hydrogen-bond donors (Lipinski definition) is 1. The molecule has 7 heavy (non-hydrogen) atoms. The van der Waals surface area contributed by atoms with Gasteiger partial charge in [-0.3, -0.25) is 0 Å². The second kappa shape index (κ2) is 2.40. The van der Waals surface area contributed by atoms with E-state index in [2.05, 4.69) is 4.72 Å². The zero-order chi connectivity index (χ0) is 5.11. The van der Waals surface area contributed by atoms with Crippen LogP contribution in [-0.4, -0.2) is 23.3 Å². The first-order chi connectivity index (χ1) is 3.39. The standard InChI is InChI=1S/C3H7NO2S/c5-7-3-6-2-1-4-7/h4H,1-3H2. The summed E-state index contributed by atoms with van der Waals surface area (Å²) in [5.41, 5.74) is 0. The maximum Gasteiger partial charge on any atom is 0.136 e. The van der Waals surface area contributed by atoms with Crippen LogP contribution >= 0.6 is 0 Å². The smallest absolute Gasteiger partial charge is 0.136 e. The Morgan fingerprint density at radius 3 is 2.86 bits per heavy atom. The van der Waals surface area contributed by atoms with Crippen molar-refractivity contribution < 1.29 is 8.95 Å². The summed E-state index contributed by atoms with van der Waals surface area (Å²) in [6, 6.07) is 0. The maximum absolute atomic E-state index is 10.3. The summed E-state index contributed by atoms with van der Waals surface area (Å²) in [4.78, 5) is 0. The zero-order valence-electron chi connectivity index (χ0n) is 3.85. The van der Waals surface area contributed by atoms with Gasteiger partial charge in [-0.15, -0.1) is 0 Å². The van der Waals surface area contributed by atoms with Crippen molar-refractivity contribution in [3.63, 3.8) is 0 Å². The van der Waals surface area contributed by atoms with Crippen molar-refractivity contribution in [2.75, 3.05) is 19.1 Å². The Labute approximate surface area is 44.6 Å². The Morgan fingerprint density at radius 1 is 1.71 bits per heavy atom. The van der Waals surface area contributed by atoms with Crippen LogP contribution in [0.5, 0.6) is 0 Å². The van der Waals surface area contributed by atoms with Crippen LogP contribution in [0.1, 0.15) is 0 Å². The predicted molar refractivity (Wildman–Crippen MR) is 27.0 cm³/mol. The van der Waals surface area contributed by atoms with Gasteiger partial charge in [0.05, 0.1) is 6.61 Å². The van der Waals surface area contributed by atoms with Crippen molar-refractivity contribution in [2.45, 2.75) is 0 Å². The summed E-state index contributed by atoms with van der Waals surface area (Å²) in [6.07, 6.45) is 0. The van der Waals surface area contributed by atoms with Gasteiger partial charge in [0.2, 0.25) is 0 Å². The van der Waals surface area contributed by atoms with E-state index in [4.69, 9.17) is 4.74 Å². The Hall–Kier alpha value is 0.0700. The third kappa shape index (κ3) is 1.54. The van der Waals surface area contributed by atoms with E-state index in [0.29, 0.717) is 19.1 Å². The number of ether oxygens (including phenoxy) is 1. The molecule has 3 nitrogen and oxygen atoms in total. The van der Waals surface area contributed by atoms with Gasteiger partial charge in [-0.2, -0.15) is 0 Å². The molecule has 1 atom stereocenters. The van der Waals surface area contributed by atoms with Crippen molar-refractivity contribution in [3.05, 3.63) is 0 Å². The van der Waals surface area contributed by atoms with E-state index < -0.39 is 11.0 Å². The first-order valence-electron chi connectivity index (χ1n) is 2.09. The van der Waals surface area contributed by atoms with Crippen LogP contribution in [0.2, 0.25) is 0 Å². The van der Waals surface area contributed by atoms with Crippen molar-refractivity contribution in [3.8, 4) is 0 Å². The molecule has 1 aliphatic heterocycles. The Kier molecular flexibility index (Phi) is 1.78. The lowest BCUT2D eigenvalue weighted by Gasteiger charge is -2.10. The Balaban J connectivity index is 2.25. The van der Waals surface area contributed by atoms with Gasteiger partial charge < -0.3 is 4.74 Å². The average molecular weight is 121 g/mol. The van der Waals surface area contributed by atoms with Crippen molar-refractivity contribution in [2.24, 2.45) is 0 Å². The summed E-state index contributed by atoms with van der Waals surface area (Å²) in [7, 11) is -0.912. The van der Waals surface area contributed by atoms with E-state index in [9.17, 15) is 4.21 Å². The average Bonchev–Trinajstić information content (AvgIpc) is 1.69. The van der Waals surface area contributed by atoms with Gasteiger partial charge in [0.15, 0.2) is 0 Å². The van der Waals surface area contributed by atoms with E-state index in [1.54, 1.807) is 0 Å². The van der Waals surface area contributed by atoms with Gasteiger partial charge in [-0.25, -0.2) is 8.93 Å². The van der Waals surface area contributed by atoms with Gasteiger partial charge >= 0.3 is 0 Å². The zero-order valence-corrected chi connectivity index (χ0v) is 4.66. The van der Waals surface area contributed by atoms with Crippen LogP contribution in [0.15, 0.2) is 0 Å². The van der Waals surface area contributed by atoms with Crippen molar-refractivity contribution >= 4 is 11.0 Å². The van der Waals surface area contributed by atoms with Crippen LogP contribution in [-0.2, 0) is 15.7 Å². The van der Waals surface area contributed by atoms with Crippen molar-refractivity contribution in [1.82, 2.24) is 4.72 Å². The highest BCUT2D eigenvalue weighted by Crippen LogP contribution is 1.84. The molecule has 4 heteroatoms. The van der Waals surface area contributed by atoms with Crippen LogP contribution in [0.25, 0.3) is 0 Å². The van der Waals surface area contributed by atoms with E-state index in [0.717, 1.165) is 0 Å². The lowest BCUT2D eigenvalue weighted by atomic mass is 10.7. The first-order valence-corrected chi connectivity index (χ1v) is 3.41. The van der Waals surface area contributed by atoms with Gasteiger partial charge in [0, 0.05) is 6.54 Å². The summed E-state index contributed by atoms with van der Waals surface area (Å²) in [5.74, 6) is 0.347. The van der Waals surface area contributed by atoms with E-state index in [-0.39, 0.29) is 0 Å². The molecular weight excluding hydrogens is 114 g/mol. The molecule has 1 rings (SSSR count). The molecule has 1 fully saturated rings. The molecule has 1 saturated heterocycles. The third-order valence-corrected chi connectivity index (χ3v) is 1.61. The Bertz CT molecular complexity index is 77.0. The largest absolute Gasteiger partial charge is 0.365 e. The van der Waals surface area contributed by atoms with E-state index in [1.165, 1.54) is 0 Å². The van der Waals surface area contributed by atoms with Crippen molar-refractivity contribution in [1.29, 1.82) is 0 Å². The number of hydrogen-bond acceptors (Lipinski definition) is 2. The quantitative estimate of drug-likeness (QED) is 0.457. The van der Waals surface area contributed by atoms with Gasteiger partial charge in [-0.1, -0.05) is 0 Å². The minimum Gasteiger partial charge on any atom is -0.365 e. The van der Waals surface area contributed by atoms with Gasteiger partial charge in [0.25, 0.3) is 0 Å². The molecule has 0 aliphatic carbocycles. The molecule has 0 radical (unpaired) electrons.